The van der Waals surface area contributed by atoms with Gasteiger partial charge in [-0.2, -0.15) is 0 Å². The van der Waals surface area contributed by atoms with Gasteiger partial charge in [0, 0.05) is 19.5 Å². The van der Waals surface area contributed by atoms with Crippen LogP contribution >= 0.6 is 0 Å². The van der Waals surface area contributed by atoms with Gasteiger partial charge in [-0.25, -0.2) is 0 Å². The highest BCUT2D eigenvalue weighted by Gasteiger charge is 2.44. The number of hydrogen-bond donors (Lipinski definition) is 0. The number of carbonyl (C=O) groups is 1. The summed E-state index contributed by atoms with van der Waals surface area (Å²) in [6, 6.07) is 0. The summed E-state index contributed by atoms with van der Waals surface area (Å²) in [4.78, 5) is 20.1. The van der Waals surface area contributed by atoms with Crippen molar-refractivity contribution in [2.75, 3.05) is 19.7 Å². The monoisotopic (exact) mass is 392 g/mol. The summed E-state index contributed by atoms with van der Waals surface area (Å²) in [7, 11) is 0. The van der Waals surface area contributed by atoms with Crippen molar-refractivity contribution >= 4 is 11.6 Å². The van der Waals surface area contributed by atoms with Crippen molar-refractivity contribution in [3.05, 3.63) is 0 Å². The standard InChI is InChI=1S/C24H44N2O2/c1-22(2,3)19-12-14-26(15-13-19)21(27)11-9-8-10-16-28-25-20-17-23(4,5)24(6,7)18-20/h19H,8-18H2,1-7H3. The molecule has 1 amide bonds. The molecule has 4 nitrogen and oxygen atoms in total. The lowest BCUT2D eigenvalue weighted by atomic mass is 9.71. The highest BCUT2D eigenvalue weighted by molar-refractivity contribution is 5.87. The van der Waals surface area contributed by atoms with Gasteiger partial charge in [-0.05, 0) is 67.1 Å². The van der Waals surface area contributed by atoms with Gasteiger partial charge in [-0.3, -0.25) is 4.79 Å². The molecule has 0 atom stereocenters. The molecule has 2 rings (SSSR count). The zero-order valence-corrected chi connectivity index (χ0v) is 19.6. The molecule has 4 heteroatoms. The van der Waals surface area contributed by atoms with E-state index in [9.17, 15) is 4.79 Å². The molecule has 0 aromatic carbocycles. The maximum Gasteiger partial charge on any atom is 0.222 e. The Morgan fingerprint density at radius 2 is 1.61 bits per heavy atom. The van der Waals surface area contributed by atoms with Gasteiger partial charge in [0.2, 0.25) is 5.91 Å². The van der Waals surface area contributed by atoms with Crippen LogP contribution in [0.1, 0.15) is 99.8 Å². The molecule has 2 aliphatic rings. The predicted octanol–water partition coefficient (Wildman–Crippen LogP) is 6.05. The molecule has 28 heavy (non-hydrogen) atoms. The normalized spacial score (nSPS) is 22.4. The lowest BCUT2D eigenvalue weighted by Crippen LogP contribution is -2.41. The molecule has 1 aliphatic heterocycles. The van der Waals surface area contributed by atoms with Gasteiger partial charge in [0.15, 0.2) is 0 Å². The highest BCUT2D eigenvalue weighted by atomic mass is 16.6. The molecule has 2 fully saturated rings. The lowest BCUT2D eigenvalue weighted by molar-refractivity contribution is -0.133. The van der Waals surface area contributed by atoms with E-state index in [1.165, 1.54) is 5.71 Å². The maximum absolute atomic E-state index is 12.4. The van der Waals surface area contributed by atoms with Crippen LogP contribution in [0.2, 0.25) is 0 Å². The van der Waals surface area contributed by atoms with Crippen molar-refractivity contribution < 1.29 is 9.63 Å². The molecule has 0 aromatic heterocycles. The van der Waals surface area contributed by atoms with Crippen LogP contribution in [0.25, 0.3) is 0 Å². The maximum atomic E-state index is 12.4. The Hall–Kier alpha value is -1.06. The number of oxime groups is 1. The zero-order valence-electron chi connectivity index (χ0n) is 19.6. The summed E-state index contributed by atoms with van der Waals surface area (Å²) in [5.74, 6) is 1.08. The zero-order chi connectivity index (χ0) is 21.0. The first-order valence-corrected chi connectivity index (χ1v) is 11.4. The first-order chi connectivity index (χ1) is 12.9. The molecule has 1 heterocycles. The van der Waals surface area contributed by atoms with E-state index in [0.29, 0.717) is 24.3 Å². The Balaban J connectivity index is 1.55. The first kappa shape index (κ1) is 23.2. The minimum atomic E-state index is 0.289. The molecule has 1 saturated heterocycles. The van der Waals surface area contributed by atoms with Gasteiger partial charge in [0.1, 0.15) is 6.61 Å². The molecule has 0 N–H and O–H groups in total. The molecule has 162 valence electrons. The lowest BCUT2D eigenvalue weighted by Gasteiger charge is -2.38. The number of hydrogen-bond acceptors (Lipinski definition) is 3. The van der Waals surface area contributed by atoms with E-state index in [2.05, 4.69) is 58.5 Å². The van der Waals surface area contributed by atoms with E-state index in [1.807, 2.05) is 0 Å². The Bertz CT molecular complexity index is 531. The molecule has 1 aliphatic carbocycles. The fourth-order valence-electron chi connectivity index (χ4n) is 4.54. The first-order valence-electron chi connectivity index (χ1n) is 11.4. The van der Waals surface area contributed by atoms with E-state index < -0.39 is 0 Å². The minimum absolute atomic E-state index is 0.289. The SMILES string of the molecule is CC(C)(C)C1CCN(C(=O)CCCCCON=C2CC(C)(C)C(C)(C)C2)CC1. The Morgan fingerprint density at radius 1 is 1.04 bits per heavy atom. The topological polar surface area (TPSA) is 41.9 Å². The number of unbranched alkanes of at least 4 members (excludes halogenated alkanes) is 2. The van der Waals surface area contributed by atoms with Crippen LogP contribution in [0.4, 0.5) is 0 Å². The third-order valence-electron chi connectivity index (χ3n) is 7.52. The van der Waals surface area contributed by atoms with E-state index in [0.717, 1.165) is 64.0 Å². The Labute approximate surface area is 173 Å². The summed E-state index contributed by atoms with van der Waals surface area (Å²) < 4.78 is 0. The van der Waals surface area contributed by atoms with Crippen molar-refractivity contribution in [1.29, 1.82) is 0 Å². The number of carbonyl (C=O) groups excluding carboxylic acids is 1. The van der Waals surface area contributed by atoms with Crippen LogP contribution in [0.15, 0.2) is 5.16 Å². The summed E-state index contributed by atoms with van der Waals surface area (Å²) in [5.41, 5.74) is 2.14. The summed E-state index contributed by atoms with van der Waals surface area (Å²) in [6.45, 7) is 18.8. The van der Waals surface area contributed by atoms with Crippen LogP contribution in [0, 0.1) is 22.2 Å². The number of likely N-dealkylation sites (tertiary alicyclic amines) is 1. The predicted molar refractivity (Wildman–Crippen MR) is 117 cm³/mol. The van der Waals surface area contributed by atoms with E-state index >= 15 is 0 Å². The van der Waals surface area contributed by atoms with Crippen LogP contribution < -0.4 is 0 Å². The molecular formula is C24H44N2O2. The van der Waals surface area contributed by atoms with Crippen LogP contribution in [-0.4, -0.2) is 36.2 Å². The minimum Gasteiger partial charge on any atom is -0.396 e. The van der Waals surface area contributed by atoms with Crippen LogP contribution in [-0.2, 0) is 9.63 Å². The molecule has 0 aromatic rings. The number of rotatable bonds is 7. The number of nitrogens with zero attached hydrogens (tertiary/aromatic N) is 2. The summed E-state index contributed by atoms with van der Waals surface area (Å²) in [5, 5.41) is 4.39. The molecule has 1 saturated carbocycles. The highest BCUT2D eigenvalue weighted by Crippen LogP contribution is 2.50. The quantitative estimate of drug-likeness (QED) is 0.391. The van der Waals surface area contributed by atoms with Crippen molar-refractivity contribution in [1.82, 2.24) is 4.90 Å². The fraction of sp³-hybridized carbons (Fsp3) is 0.917. The second-order valence-corrected chi connectivity index (χ2v) is 11.4. The second-order valence-electron chi connectivity index (χ2n) is 11.4. The largest absolute Gasteiger partial charge is 0.396 e. The van der Waals surface area contributed by atoms with E-state index in [-0.39, 0.29) is 10.8 Å². The van der Waals surface area contributed by atoms with Gasteiger partial charge in [-0.1, -0.05) is 53.6 Å². The van der Waals surface area contributed by atoms with E-state index in [1.54, 1.807) is 0 Å². The summed E-state index contributed by atoms with van der Waals surface area (Å²) in [6.07, 6.45) is 8.00. The van der Waals surface area contributed by atoms with Crippen molar-refractivity contribution in [3.8, 4) is 0 Å². The van der Waals surface area contributed by atoms with Crippen molar-refractivity contribution in [2.24, 2.45) is 27.3 Å². The average molecular weight is 393 g/mol. The van der Waals surface area contributed by atoms with Crippen LogP contribution in [0.5, 0.6) is 0 Å². The second kappa shape index (κ2) is 9.17. The fourth-order valence-corrected chi connectivity index (χ4v) is 4.54. The Morgan fingerprint density at radius 3 is 2.14 bits per heavy atom. The number of amides is 1. The molecule has 0 unspecified atom stereocenters. The van der Waals surface area contributed by atoms with Gasteiger partial charge < -0.3 is 9.74 Å². The average Bonchev–Trinajstić information content (AvgIpc) is 2.80. The van der Waals surface area contributed by atoms with Gasteiger partial charge >= 0.3 is 0 Å². The molecular weight excluding hydrogens is 348 g/mol. The number of piperidine rings is 1. The molecule has 0 bridgehead atoms. The molecule has 0 radical (unpaired) electrons. The smallest absolute Gasteiger partial charge is 0.222 e. The van der Waals surface area contributed by atoms with Crippen LogP contribution in [0.3, 0.4) is 0 Å². The van der Waals surface area contributed by atoms with Crippen molar-refractivity contribution in [2.45, 2.75) is 99.8 Å². The molecule has 0 spiro atoms. The van der Waals surface area contributed by atoms with Gasteiger partial charge in [-0.15, -0.1) is 0 Å². The summed E-state index contributed by atoms with van der Waals surface area (Å²) >= 11 is 0. The van der Waals surface area contributed by atoms with E-state index in [4.69, 9.17) is 4.84 Å². The third kappa shape index (κ3) is 6.22. The van der Waals surface area contributed by atoms with Gasteiger partial charge in [0.25, 0.3) is 0 Å². The van der Waals surface area contributed by atoms with Crippen molar-refractivity contribution in [3.63, 3.8) is 0 Å². The van der Waals surface area contributed by atoms with Gasteiger partial charge in [0.05, 0.1) is 5.71 Å². The third-order valence-corrected chi connectivity index (χ3v) is 7.52. The Kier molecular flexibility index (Phi) is 7.61.